The molecule has 10 nitrogen and oxygen atoms in total. The summed E-state index contributed by atoms with van der Waals surface area (Å²) >= 11 is 0. The van der Waals surface area contributed by atoms with Crippen LogP contribution in [0.2, 0.25) is 0 Å². The first-order valence-corrected chi connectivity index (χ1v) is 17.4. The highest BCUT2D eigenvalue weighted by molar-refractivity contribution is 5.88. The van der Waals surface area contributed by atoms with Crippen LogP contribution in [0, 0.1) is 0 Å². The fraction of sp³-hybridized carbons (Fsp3) is 0.447. The van der Waals surface area contributed by atoms with Gasteiger partial charge in [-0.25, -0.2) is 14.8 Å². The molecule has 5 aromatic rings. The number of benzene rings is 3. The monoisotopic (exact) mass is 646 g/mol. The lowest BCUT2D eigenvalue weighted by Gasteiger charge is -2.27. The number of aromatic amines is 2. The number of rotatable bonds is 4. The summed E-state index contributed by atoms with van der Waals surface area (Å²) in [6.07, 6.45) is 5.19. The first-order valence-electron chi connectivity index (χ1n) is 17.4. The van der Waals surface area contributed by atoms with Gasteiger partial charge in [-0.3, -0.25) is 4.90 Å². The maximum atomic E-state index is 13.0. The van der Waals surface area contributed by atoms with Crippen LogP contribution in [-0.4, -0.2) is 68.6 Å². The van der Waals surface area contributed by atoms with Crippen LogP contribution in [0.25, 0.3) is 44.3 Å². The number of carbonyl (C=O) groups is 1. The Kier molecular flexibility index (Phi) is 6.94. The van der Waals surface area contributed by atoms with E-state index in [-0.39, 0.29) is 12.1 Å². The van der Waals surface area contributed by atoms with Crippen molar-refractivity contribution in [3.63, 3.8) is 0 Å². The number of hydrogen-bond donors (Lipinski definition) is 3. The van der Waals surface area contributed by atoms with Gasteiger partial charge in [0.1, 0.15) is 17.2 Å². The Balaban J connectivity index is 1.07. The first-order chi connectivity index (χ1) is 23.2. The Morgan fingerprint density at radius 1 is 0.854 bits per heavy atom. The average Bonchev–Trinajstić information content (AvgIpc) is 3.89. The number of fused-ring (bicyclic) bond motifs is 3. The second-order valence-corrected chi connectivity index (χ2v) is 14.8. The summed E-state index contributed by atoms with van der Waals surface area (Å²) in [6, 6.07) is 17.6. The molecule has 48 heavy (non-hydrogen) atoms. The Hall–Kier alpha value is -4.25. The van der Waals surface area contributed by atoms with Crippen molar-refractivity contribution < 1.29 is 19.0 Å². The SMILES string of the molecule is CC(C)(C)OC(=O)N1CCCC1c1nc2ccc(-c3ccc(-c4ccc5nc(C6CCCN6)[nH]c5c4)c4c3CC3(C4)OCCO3)cc2[nH]1. The molecule has 3 fully saturated rings. The van der Waals surface area contributed by atoms with Gasteiger partial charge < -0.3 is 29.5 Å². The third kappa shape index (κ3) is 5.17. The predicted molar refractivity (Wildman–Crippen MR) is 184 cm³/mol. The fourth-order valence-electron chi connectivity index (χ4n) is 8.16. The van der Waals surface area contributed by atoms with Crippen molar-refractivity contribution in [2.75, 3.05) is 26.3 Å². The number of imidazole rings is 2. The Morgan fingerprint density at radius 2 is 1.48 bits per heavy atom. The van der Waals surface area contributed by atoms with Crippen LogP contribution < -0.4 is 5.32 Å². The zero-order chi connectivity index (χ0) is 32.6. The van der Waals surface area contributed by atoms with Gasteiger partial charge >= 0.3 is 6.09 Å². The van der Waals surface area contributed by atoms with E-state index in [2.05, 4.69) is 63.8 Å². The molecule has 2 aromatic heterocycles. The normalized spacial score (nSPS) is 22.0. The second-order valence-electron chi connectivity index (χ2n) is 14.8. The van der Waals surface area contributed by atoms with Crippen molar-refractivity contribution in [1.29, 1.82) is 0 Å². The van der Waals surface area contributed by atoms with E-state index in [1.807, 2.05) is 25.7 Å². The van der Waals surface area contributed by atoms with Gasteiger partial charge in [-0.2, -0.15) is 0 Å². The largest absolute Gasteiger partial charge is 0.444 e. The van der Waals surface area contributed by atoms with E-state index in [4.69, 9.17) is 24.2 Å². The molecule has 3 saturated heterocycles. The minimum Gasteiger partial charge on any atom is -0.444 e. The molecule has 1 amide bonds. The molecule has 0 saturated carbocycles. The van der Waals surface area contributed by atoms with Crippen LogP contribution in [0.1, 0.15) is 81.3 Å². The molecule has 10 heteroatoms. The molecule has 3 N–H and O–H groups in total. The summed E-state index contributed by atoms with van der Waals surface area (Å²) in [5.74, 6) is 1.21. The minimum atomic E-state index is -0.620. The number of nitrogens with zero attached hydrogens (tertiary/aromatic N) is 3. The molecule has 0 bridgehead atoms. The number of likely N-dealkylation sites (tertiary alicyclic amines) is 1. The molecule has 3 aromatic carbocycles. The summed E-state index contributed by atoms with van der Waals surface area (Å²) in [7, 11) is 0. The van der Waals surface area contributed by atoms with Crippen LogP contribution >= 0.6 is 0 Å². The van der Waals surface area contributed by atoms with Crippen molar-refractivity contribution >= 4 is 28.2 Å². The van der Waals surface area contributed by atoms with Gasteiger partial charge in [0.15, 0.2) is 5.79 Å². The highest BCUT2D eigenvalue weighted by Gasteiger charge is 2.44. The van der Waals surface area contributed by atoms with E-state index < -0.39 is 11.4 Å². The number of aromatic nitrogens is 4. The maximum absolute atomic E-state index is 13.0. The van der Waals surface area contributed by atoms with Gasteiger partial charge in [0.05, 0.1) is 47.4 Å². The van der Waals surface area contributed by atoms with E-state index in [0.29, 0.717) is 38.6 Å². The molecule has 248 valence electrons. The Morgan fingerprint density at radius 3 is 2.08 bits per heavy atom. The molecule has 2 unspecified atom stereocenters. The van der Waals surface area contributed by atoms with Crippen LogP contribution in [0.4, 0.5) is 4.79 Å². The molecule has 9 rings (SSSR count). The van der Waals surface area contributed by atoms with Gasteiger partial charge in [0, 0.05) is 19.4 Å². The van der Waals surface area contributed by atoms with Crippen molar-refractivity contribution in [2.24, 2.45) is 0 Å². The van der Waals surface area contributed by atoms with Gasteiger partial charge in [-0.15, -0.1) is 0 Å². The molecule has 4 aliphatic rings. The smallest absolute Gasteiger partial charge is 0.410 e. The number of hydrogen-bond acceptors (Lipinski definition) is 7. The third-order valence-electron chi connectivity index (χ3n) is 10.3. The molecule has 1 aliphatic carbocycles. The van der Waals surface area contributed by atoms with Crippen molar-refractivity contribution in [3.05, 3.63) is 71.3 Å². The number of amides is 1. The fourth-order valence-corrected chi connectivity index (χ4v) is 8.16. The maximum Gasteiger partial charge on any atom is 0.410 e. The Bertz CT molecular complexity index is 2050. The summed E-state index contributed by atoms with van der Waals surface area (Å²) in [5, 5.41) is 3.56. The molecule has 5 heterocycles. The molecule has 2 atom stereocenters. The number of carbonyl (C=O) groups excluding carboxylic acids is 1. The van der Waals surface area contributed by atoms with E-state index in [9.17, 15) is 4.79 Å². The van der Waals surface area contributed by atoms with Crippen molar-refractivity contribution in [1.82, 2.24) is 30.2 Å². The van der Waals surface area contributed by atoms with E-state index in [1.54, 1.807) is 0 Å². The highest BCUT2D eigenvalue weighted by atomic mass is 16.7. The predicted octanol–water partition coefficient (Wildman–Crippen LogP) is 7.11. The number of H-pyrrole nitrogens is 2. The summed E-state index contributed by atoms with van der Waals surface area (Å²) in [4.78, 5) is 31.8. The van der Waals surface area contributed by atoms with Crippen molar-refractivity contribution in [3.8, 4) is 22.3 Å². The summed E-state index contributed by atoms with van der Waals surface area (Å²) < 4.78 is 18.3. The lowest BCUT2D eigenvalue weighted by Crippen LogP contribution is -2.36. The lowest BCUT2D eigenvalue weighted by molar-refractivity contribution is -0.147. The molecule has 3 aliphatic heterocycles. The zero-order valence-corrected chi connectivity index (χ0v) is 27.8. The van der Waals surface area contributed by atoms with E-state index in [1.165, 1.54) is 28.7 Å². The second kappa shape index (κ2) is 11.1. The minimum absolute atomic E-state index is 0.131. The van der Waals surface area contributed by atoms with Gasteiger partial charge in [-0.05, 0) is 111 Å². The number of ether oxygens (including phenoxy) is 3. The lowest BCUT2D eigenvalue weighted by atomic mass is 9.90. The van der Waals surface area contributed by atoms with Crippen molar-refractivity contribution in [2.45, 2.75) is 82.8 Å². The average molecular weight is 647 g/mol. The summed E-state index contributed by atoms with van der Waals surface area (Å²) in [6.45, 7) is 8.63. The Labute approximate surface area is 279 Å². The molecular weight excluding hydrogens is 604 g/mol. The molecule has 1 spiro atoms. The standard InChI is InChI=1S/C38H42N6O4/c1-37(2,3)48-36(45)44-15-5-7-33(44)35-41-29-13-9-23(19-32(29)43-35)25-11-10-24(26-20-38(21-27(25)26)46-16-17-47-38)22-8-12-28-31(18-22)42-34(40-28)30-6-4-14-39-30/h8-13,18-19,30,33,39H,4-7,14-17,20-21H2,1-3H3,(H,40,42)(H,41,43). The van der Waals surface area contributed by atoms with Gasteiger partial charge in [0.25, 0.3) is 0 Å². The van der Waals surface area contributed by atoms with Crippen LogP contribution in [0.5, 0.6) is 0 Å². The van der Waals surface area contributed by atoms with Crippen LogP contribution in [0.15, 0.2) is 48.5 Å². The molecule has 0 radical (unpaired) electrons. The van der Waals surface area contributed by atoms with Gasteiger partial charge in [-0.1, -0.05) is 24.3 Å². The van der Waals surface area contributed by atoms with E-state index in [0.717, 1.165) is 70.6 Å². The topological polar surface area (TPSA) is 117 Å². The van der Waals surface area contributed by atoms with Crippen LogP contribution in [0.3, 0.4) is 0 Å². The van der Waals surface area contributed by atoms with Gasteiger partial charge in [0.2, 0.25) is 0 Å². The first kappa shape index (κ1) is 29.9. The van der Waals surface area contributed by atoms with Crippen LogP contribution in [-0.2, 0) is 27.1 Å². The quantitative estimate of drug-likeness (QED) is 0.191. The zero-order valence-electron chi connectivity index (χ0n) is 27.8. The molecular formula is C38H42N6O4. The summed E-state index contributed by atoms with van der Waals surface area (Å²) in [5.41, 5.74) is 10.5. The van der Waals surface area contributed by atoms with E-state index >= 15 is 0 Å². The highest BCUT2D eigenvalue weighted by Crippen LogP contribution is 2.46. The number of nitrogens with one attached hydrogen (secondary N) is 3. The third-order valence-corrected chi connectivity index (χ3v) is 10.3.